The van der Waals surface area contributed by atoms with Crippen molar-refractivity contribution in [2.45, 2.75) is 37.3 Å². The number of aromatic nitrogens is 1. The van der Waals surface area contributed by atoms with E-state index < -0.39 is 0 Å². The number of nitrogens with zero attached hydrogens (tertiary/aromatic N) is 1. The van der Waals surface area contributed by atoms with E-state index in [-0.39, 0.29) is 5.78 Å². The molecule has 0 unspecified atom stereocenters. The monoisotopic (exact) mass is 291 g/mol. The summed E-state index contributed by atoms with van der Waals surface area (Å²) in [6.07, 6.45) is 2.20. The highest BCUT2D eigenvalue weighted by atomic mass is 32.2. The van der Waals surface area contributed by atoms with Crippen LogP contribution in [0.1, 0.15) is 41.3 Å². The van der Waals surface area contributed by atoms with Gasteiger partial charge in [-0.05, 0) is 31.9 Å². The van der Waals surface area contributed by atoms with Crippen LogP contribution in [0.5, 0.6) is 0 Å². The molecule has 0 amide bonds. The Morgan fingerprint density at radius 2 is 2.26 bits per heavy atom. The molecule has 0 aliphatic rings. The molecular formula is C15H17NOS2. The van der Waals surface area contributed by atoms with E-state index in [1.807, 2.05) is 24.3 Å². The first-order valence-corrected chi connectivity index (χ1v) is 8.22. The largest absolute Gasteiger partial charge is 0.295 e. The molecule has 4 heteroatoms. The van der Waals surface area contributed by atoms with Crippen LogP contribution in [0.25, 0.3) is 0 Å². The molecule has 0 N–H and O–H groups in total. The van der Waals surface area contributed by atoms with Crippen LogP contribution in [-0.4, -0.2) is 10.8 Å². The highest BCUT2D eigenvalue weighted by molar-refractivity contribution is 7.98. The summed E-state index contributed by atoms with van der Waals surface area (Å²) in [4.78, 5) is 17.1. The Labute approximate surface area is 122 Å². The molecule has 0 aliphatic heterocycles. The molecule has 100 valence electrons. The van der Waals surface area contributed by atoms with Crippen LogP contribution in [-0.2, 0) is 12.2 Å². The average Bonchev–Trinajstić information content (AvgIpc) is 2.85. The molecule has 0 spiro atoms. The van der Waals surface area contributed by atoms with Crippen LogP contribution in [0.15, 0.2) is 34.5 Å². The second-order valence-corrected chi connectivity index (χ2v) is 6.35. The fourth-order valence-corrected chi connectivity index (χ4v) is 3.56. The van der Waals surface area contributed by atoms with Gasteiger partial charge in [0.15, 0.2) is 5.78 Å². The summed E-state index contributed by atoms with van der Waals surface area (Å²) in [5.41, 5.74) is 1.90. The van der Waals surface area contributed by atoms with Gasteiger partial charge in [-0.1, -0.05) is 19.1 Å². The quantitative estimate of drug-likeness (QED) is 0.576. The van der Waals surface area contributed by atoms with Crippen molar-refractivity contribution >= 4 is 28.9 Å². The van der Waals surface area contributed by atoms with Crippen LogP contribution in [0.2, 0.25) is 0 Å². The number of carbonyl (C=O) groups excluding carboxylic acids is 1. The summed E-state index contributed by atoms with van der Waals surface area (Å²) < 4.78 is 0. The molecule has 0 atom stereocenters. The van der Waals surface area contributed by atoms with Crippen LogP contribution in [0.3, 0.4) is 0 Å². The number of ketones is 1. The van der Waals surface area contributed by atoms with Gasteiger partial charge in [-0.15, -0.1) is 23.1 Å². The SMILES string of the molecule is CCCc1nc(CSc2cccc(C(C)=O)c2)cs1. The van der Waals surface area contributed by atoms with E-state index >= 15 is 0 Å². The number of Topliss-reactive ketones (excluding diaryl/α,β-unsaturated/α-hetero) is 1. The summed E-state index contributed by atoms with van der Waals surface area (Å²) in [5, 5.41) is 3.35. The number of hydrogen-bond donors (Lipinski definition) is 0. The van der Waals surface area contributed by atoms with E-state index in [2.05, 4.69) is 17.3 Å². The van der Waals surface area contributed by atoms with Gasteiger partial charge < -0.3 is 0 Å². The predicted molar refractivity (Wildman–Crippen MR) is 82.1 cm³/mol. The van der Waals surface area contributed by atoms with E-state index in [9.17, 15) is 4.79 Å². The second kappa shape index (κ2) is 6.87. The zero-order valence-electron chi connectivity index (χ0n) is 11.2. The number of aryl methyl sites for hydroxylation is 1. The second-order valence-electron chi connectivity index (χ2n) is 4.36. The molecule has 1 heterocycles. The minimum atomic E-state index is 0.112. The summed E-state index contributed by atoms with van der Waals surface area (Å²) in [6.45, 7) is 3.77. The van der Waals surface area contributed by atoms with Crippen molar-refractivity contribution < 1.29 is 4.79 Å². The zero-order valence-corrected chi connectivity index (χ0v) is 12.8. The molecular weight excluding hydrogens is 274 g/mol. The lowest BCUT2D eigenvalue weighted by Crippen LogP contribution is -1.91. The van der Waals surface area contributed by atoms with E-state index in [0.29, 0.717) is 0 Å². The van der Waals surface area contributed by atoms with Gasteiger partial charge in [0.25, 0.3) is 0 Å². The number of thioether (sulfide) groups is 1. The van der Waals surface area contributed by atoms with Gasteiger partial charge in [0.1, 0.15) is 0 Å². The summed E-state index contributed by atoms with van der Waals surface area (Å²) in [6, 6.07) is 7.78. The molecule has 0 aliphatic carbocycles. The molecule has 0 fully saturated rings. The number of benzene rings is 1. The lowest BCUT2D eigenvalue weighted by molar-refractivity contribution is 0.101. The van der Waals surface area contributed by atoms with Gasteiger partial charge >= 0.3 is 0 Å². The van der Waals surface area contributed by atoms with Gasteiger partial charge in [0.05, 0.1) is 10.7 Å². The highest BCUT2D eigenvalue weighted by Gasteiger charge is 2.04. The van der Waals surface area contributed by atoms with Crippen molar-refractivity contribution in [3.8, 4) is 0 Å². The molecule has 2 nitrogen and oxygen atoms in total. The molecule has 19 heavy (non-hydrogen) atoms. The Morgan fingerprint density at radius 3 is 3.00 bits per heavy atom. The predicted octanol–water partition coefficient (Wildman–Crippen LogP) is 4.59. The minimum Gasteiger partial charge on any atom is -0.295 e. The Morgan fingerprint density at radius 1 is 1.42 bits per heavy atom. The minimum absolute atomic E-state index is 0.112. The van der Waals surface area contributed by atoms with Crippen molar-refractivity contribution in [2.75, 3.05) is 0 Å². The third-order valence-electron chi connectivity index (χ3n) is 2.69. The Bertz CT molecular complexity index is 563. The lowest BCUT2D eigenvalue weighted by Gasteiger charge is -2.01. The molecule has 0 bridgehead atoms. The average molecular weight is 291 g/mol. The molecule has 1 aromatic carbocycles. The van der Waals surface area contributed by atoms with E-state index in [4.69, 9.17) is 0 Å². The molecule has 2 rings (SSSR count). The zero-order chi connectivity index (χ0) is 13.7. The van der Waals surface area contributed by atoms with Crippen molar-refractivity contribution in [3.05, 3.63) is 45.9 Å². The van der Waals surface area contributed by atoms with Gasteiger partial charge in [-0.2, -0.15) is 0 Å². The van der Waals surface area contributed by atoms with E-state index in [0.717, 1.165) is 34.7 Å². The first-order valence-electron chi connectivity index (χ1n) is 6.36. The third-order valence-corrected chi connectivity index (χ3v) is 4.68. The van der Waals surface area contributed by atoms with Crippen LogP contribution in [0, 0.1) is 0 Å². The molecule has 2 aromatic rings. The van der Waals surface area contributed by atoms with Gasteiger partial charge in [-0.25, -0.2) is 4.98 Å². The van der Waals surface area contributed by atoms with Crippen LogP contribution >= 0.6 is 23.1 Å². The summed E-state index contributed by atoms with van der Waals surface area (Å²) >= 11 is 3.47. The maximum absolute atomic E-state index is 11.3. The third kappa shape index (κ3) is 4.18. The maximum Gasteiger partial charge on any atom is 0.159 e. The first-order chi connectivity index (χ1) is 9.19. The van der Waals surface area contributed by atoms with Crippen molar-refractivity contribution in [3.63, 3.8) is 0 Å². The highest BCUT2D eigenvalue weighted by Crippen LogP contribution is 2.24. The van der Waals surface area contributed by atoms with Crippen molar-refractivity contribution in [1.29, 1.82) is 0 Å². The number of thiazole rings is 1. The molecule has 0 saturated heterocycles. The number of rotatable bonds is 6. The Balaban J connectivity index is 1.97. The lowest BCUT2D eigenvalue weighted by atomic mass is 10.2. The van der Waals surface area contributed by atoms with Gasteiger partial charge in [-0.3, -0.25) is 4.79 Å². The summed E-state index contributed by atoms with van der Waals surface area (Å²) in [5.74, 6) is 0.975. The van der Waals surface area contributed by atoms with E-state index in [1.165, 1.54) is 5.01 Å². The Kier molecular flexibility index (Phi) is 5.16. The first kappa shape index (κ1) is 14.3. The normalized spacial score (nSPS) is 10.6. The standard InChI is InChI=1S/C15H17NOS2/c1-3-5-15-16-13(10-19-15)9-18-14-7-4-6-12(8-14)11(2)17/h4,6-8,10H,3,5,9H2,1-2H3. The van der Waals surface area contributed by atoms with Crippen LogP contribution < -0.4 is 0 Å². The summed E-state index contributed by atoms with van der Waals surface area (Å²) in [7, 11) is 0. The number of carbonyl (C=O) groups is 1. The van der Waals surface area contributed by atoms with E-state index in [1.54, 1.807) is 30.0 Å². The van der Waals surface area contributed by atoms with Crippen molar-refractivity contribution in [2.24, 2.45) is 0 Å². The fourth-order valence-electron chi connectivity index (χ4n) is 1.71. The fraction of sp³-hybridized carbons (Fsp3) is 0.333. The molecule has 1 aromatic heterocycles. The van der Waals surface area contributed by atoms with Gasteiger partial charge in [0.2, 0.25) is 0 Å². The van der Waals surface area contributed by atoms with Crippen LogP contribution in [0.4, 0.5) is 0 Å². The molecule has 0 saturated carbocycles. The Hall–Kier alpha value is -1.13. The van der Waals surface area contributed by atoms with Gasteiger partial charge in [0, 0.05) is 21.6 Å². The smallest absolute Gasteiger partial charge is 0.159 e. The van der Waals surface area contributed by atoms with Crippen molar-refractivity contribution in [1.82, 2.24) is 4.98 Å². The molecule has 0 radical (unpaired) electrons. The topological polar surface area (TPSA) is 30.0 Å². The number of hydrogen-bond acceptors (Lipinski definition) is 4. The maximum atomic E-state index is 11.3.